The molecule has 34 heavy (non-hydrogen) atoms. The first-order valence-electron chi connectivity index (χ1n) is 11.4. The monoisotopic (exact) mass is 467 g/mol. The summed E-state index contributed by atoms with van der Waals surface area (Å²) in [6.07, 6.45) is -0.277. The predicted octanol–water partition coefficient (Wildman–Crippen LogP) is 6.81. The molecule has 0 unspecified atom stereocenters. The SMILES string of the molecule is Cc1cc(-c2c(C#N)c3ccc(OCC(F)F)cc3n2C2CCC2)ccc1NC(=O)OC(C)C. The first-order valence-corrected chi connectivity index (χ1v) is 11.4. The second-order valence-electron chi connectivity index (χ2n) is 8.78. The van der Waals surface area contributed by atoms with Crippen LogP contribution in [-0.4, -0.2) is 29.8 Å². The largest absolute Gasteiger partial charge is 0.488 e. The van der Waals surface area contributed by atoms with Crippen molar-refractivity contribution < 1.29 is 23.0 Å². The molecule has 0 saturated heterocycles. The summed E-state index contributed by atoms with van der Waals surface area (Å²) in [7, 11) is 0. The highest BCUT2D eigenvalue weighted by Crippen LogP contribution is 2.43. The number of hydrogen-bond donors (Lipinski definition) is 1. The Labute approximate surface area is 197 Å². The average molecular weight is 468 g/mol. The normalized spacial score (nSPS) is 13.7. The second kappa shape index (κ2) is 9.72. The van der Waals surface area contributed by atoms with E-state index < -0.39 is 19.1 Å². The molecule has 1 N–H and O–H groups in total. The molecule has 4 rings (SSSR count). The van der Waals surface area contributed by atoms with E-state index in [9.17, 15) is 18.8 Å². The number of carbonyl (C=O) groups excluding carboxylic acids is 1. The minimum atomic E-state index is -2.56. The fourth-order valence-corrected chi connectivity index (χ4v) is 4.27. The molecule has 0 spiro atoms. The number of ether oxygens (including phenoxy) is 2. The van der Waals surface area contributed by atoms with Gasteiger partial charge in [0, 0.05) is 23.2 Å². The molecular formula is C26H27F2N3O3. The van der Waals surface area contributed by atoms with Crippen molar-refractivity contribution in [2.24, 2.45) is 0 Å². The molecule has 1 aliphatic rings. The molecule has 1 fully saturated rings. The van der Waals surface area contributed by atoms with Crippen LogP contribution in [0.1, 0.15) is 50.3 Å². The molecular weight excluding hydrogens is 440 g/mol. The second-order valence-corrected chi connectivity index (χ2v) is 8.78. The van der Waals surface area contributed by atoms with Gasteiger partial charge in [0.2, 0.25) is 0 Å². The van der Waals surface area contributed by atoms with Crippen LogP contribution < -0.4 is 10.1 Å². The lowest BCUT2D eigenvalue weighted by Crippen LogP contribution is -2.19. The number of alkyl halides is 2. The van der Waals surface area contributed by atoms with Crippen LogP contribution in [0.3, 0.4) is 0 Å². The van der Waals surface area contributed by atoms with Crippen LogP contribution >= 0.6 is 0 Å². The van der Waals surface area contributed by atoms with Crippen molar-refractivity contribution in [1.82, 2.24) is 4.57 Å². The Kier molecular flexibility index (Phi) is 6.73. The van der Waals surface area contributed by atoms with Crippen molar-refractivity contribution in [1.29, 1.82) is 5.26 Å². The molecule has 1 aliphatic carbocycles. The van der Waals surface area contributed by atoms with Gasteiger partial charge in [0.25, 0.3) is 6.43 Å². The van der Waals surface area contributed by atoms with Gasteiger partial charge in [0.05, 0.1) is 22.9 Å². The molecule has 178 valence electrons. The zero-order valence-corrected chi connectivity index (χ0v) is 19.4. The standard InChI is InChI=1S/C26H27F2N3O3/c1-15(2)34-26(32)30-22-10-7-17(11-16(22)3)25-21(13-29)20-9-8-19(33-14-24(27)28)12-23(20)31(25)18-5-4-6-18/h7-12,15,18,24H,4-6,14H2,1-3H3,(H,30,32). The third-order valence-electron chi connectivity index (χ3n) is 5.98. The highest BCUT2D eigenvalue weighted by atomic mass is 19.3. The average Bonchev–Trinajstić information content (AvgIpc) is 3.05. The van der Waals surface area contributed by atoms with E-state index in [2.05, 4.69) is 16.0 Å². The number of nitrogens with one attached hydrogen (secondary N) is 1. The lowest BCUT2D eigenvalue weighted by molar-refractivity contribution is 0.0819. The summed E-state index contributed by atoms with van der Waals surface area (Å²) < 4.78 is 37.9. The first-order chi connectivity index (χ1) is 16.3. The molecule has 2 aromatic carbocycles. The molecule has 0 bridgehead atoms. The topological polar surface area (TPSA) is 76.3 Å². The summed E-state index contributed by atoms with van der Waals surface area (Å²) in [5.74, 6) is 0.348. The zero-order valence-electron chi connectivity index (χ0n) is 19.4. The van der Waals surface area contributed by atoms with Crippen LogP contribution in [0.5, 0.6) is 5.75 Å². The molecule has 1 saturated carbocycles. The van der Waals surface area contributed by atoms with Crippen LogP contribution in [0.2, 0.25) is 0 Å². The molecule has 1 aromatic heterocycles. The van der Waals surface area contributed by atoms with Crippen LogP contribution in [0.4, 0.5) is 19.3 Å². The number of hydrogen-bond acceptors (Lipinski definition) is 4. The number of aryl methyl sites for hydroxylation is 1. The van der Waals surface area contributed by atoms with Gasteiger partial charge in [-0.1, -0.05) is 6.07 Å². The summed E-state index contributed by atoms with van der Waals surface area (Å²) in [5.41, 5.74) is 4.41. The number of nitrogens with zero attached hydrogens (tertiary/aromatic N) is 2. The maximum atomic E-state index is 12.7. The van der Waals surface area contributed by atoms with Gasteiger partial charge in [-0.25, -0.2) is 13.6 Å². The number of fused-ring (bicyclic) bond motifs is 1. The first kappa shape index (κ1) is 23.6. The lowest BCUT2D eigenvalue weighted by Gasteiger charge is -2.30. The van der Waals surface area contributed by atoms with Gasteiger partial charge in [0.15, 0.2) is 0 Å². The van der Waals surface area contributed by atoms with Crippen molar-refractivity contribution in [2.45, 2.75) is 58.6 Å². The summed E-state index contributed by atoms with van der Waals surface area (Å²) >= 11 is 0. The van der Waals surface area contributed by atoms with Crippen LogP contribution in [0.25, 0.3) is 22.2 Å². The van der Waals surface area contributed by atoms with Gasteiger partial charge < -0.3 is 14.0 Å². The van der Waals surface area contributed by atoms with Gasteiger partial charge in [-0.3, -0.25) is 5.32 Å². The highest BCUT2D eigenvalue weighted by Gasteiger charge is 2.28. The summed E-state index contributed by atoms with van der Waals surface area (Å²) in [5, 5.41) is 13.6. The number of rotatable bonds is 7. The molecule has 8 heteroatoms. The van der Waals surface area contributed by atoms with Crippen molar-refractivity contribution in [2.75, 3.05) is 11.9 Å². The van der Waals surface area contributed by atoms with E-state index in [0.717, 1.165) is 47.0 Å². The Bertz CT molecular complexity index is 1260. The molecule has 6 nitrogen and oxygen atoms in total. The quantitative estimate of drug-likeness (QED) is 0.414. The van der Waals surface area contributed by atoms with E-state index in [0.29, 0.717) is 17.0 Å². The van der Waals surface area contributed by atoms with Gasteiger partial charge >= 0.3 is 6.09 Å². The van der Waals surface area contributed by atoms with Crippen molar-refractivity contribution in [3.63, 3.8) is 0 Å². The summed E-state index contributed by atoms with van der Waals surface area (Å²) in [6.45, 7) is 4.76. The highest BCUT2D eigenvalue weighted by molar-refractivity contribution is 5.96. The molecule has 0 aliphatic heterocycles. The Morgan fingerprint density at radius 2 is 2.00 bits per heavy atom. The predicted molar refractivity (Wildman–Crippen MR) is 126 cm³/mol. The number of anilines is 1. The van der Waals surface area contributed by atoms with Crippen molar-refractivity contribution >= 4 is 22.7 Å². The van der Waals surface area contributed by atoms with E-state index in [-0.39, 0.29) is 12.1 Å². The smallest absolute Gasteiger partial charge is 0.411 e. The number of nitriles is 1. The fraction of sp³-hybridized carbons (Fsp3) is 0.385. The zero-order chi connectivity index (χ0) is 24.4. The molecule has 0 radical (unpaired) electrons. The van der Waals surface area contributed by atoms with Crippen LogP contribution in [0, 0.1) is 18.3 Å². The van der Waals surface area contributed by atoms with Gasteiger partial charge in [-0.2, -0.15) is 5.26 Å². The Morgan fingerprint density at radius 1 is 1.24 bits per heavy atom. The molecule has 3 aromatic rings. The molecule has 1 amide bonds. The van der Waals surface area contributed by atoms with Crippen molar-refractivity contribution in [3.8, 4) is 23.1 Å². The fourth-order valence-electron chi connectivity index (χ4n) is 4.27. The Morgan fingerprint density at radius 3 is 2.59 bits per heavy atom. The Balaban J connectivity index is 1.79. The van der Waals surface area contributed by atoms with Crippen molar-refractivity contribution in [3.05, 3.63) is 47.5 Å². The number of carbonyl (C=O) groups is 1. The van der Waals surface area contributed by atoms with Crippen LogP contribution in [0.15, 0.2) is 36.4 Å². The molecule has 1 heterocycles. The number of amides is 1. The van der Waals surface area contributed by atoms with E-state index >= 15 is 0 Å². The van der Waals surface area contributed by atoms with E-state index in [4.69, 9.17) is 9.47 Å². The number of benzene rings is 2. The third-order valence-corrected chi connectivity index (χ3v) is 5.98. The van der Waals surface area contributed by atoms with E-state index in [1.165, 1.54) is 0 Å². The van der Waals surface area contributed by atoms with Gasteiger partial charge in [-0.15, -0.1) is 0 Å². The van der Waals surface area contributed by atoms with Gasteiger partial charge in [0.1, 0.15) is 18.4 Å². The molecule has 0 atom stereocenters. The minimum absolute atomic E-state index is 0.212. The maximum absolute atomic E-state index is 12.7. The minimum Gasteiger partial charge on any atom is -0.488 e. The Hall–Kier alpha value is -3.60. The number of halogens is 2. The lowest BCUT2D eigenvalue weighted by atomic mass is 9.92. The summed E-state index contributed by atoms with van der Waals surface area (Å²) in [4.78, 5) is 12.0. The maximum Gasteiger partial charge on any atom is 0.411 e. The third kappa shape index (κ3) is 4.69. The number of aromatic nitrogens is 1. The van der Waals surface area contributed by atoms with E-state index in [1.807, 2.05) is 19.1 Å². The summed E-state index contributed by atoms with van der Waals surface area (Å²) in [6, 6.07) is 13.3. The van der Waals surface area contributed by atoms with Crippen LogP contribution in [-0.2, 0) is 4.74 Å². The van der Waals surface area contributed by atoms with Gasteiger partial charge in [-0.05, 0) is 75.4 Å². The van der Waals surface area contributed by atoms with E-state index in [1.54, 1.807) is 38.1 Å².